The lowest BCUT2D eigenvalue weighted by molar-refractivity contribution is -0.157. The molecule has 2 heterocycles. The standard InChI is InChI=1S/C17H24N4O6/c1-3-5-13(22)25-7-12(8-26-14(23)6-4-2)27-11-21-10-20-15-16(21)18-9-19-17(15)24/h9-10,12H,3-8,11H2,1-2H3,(H,18,19,24). The number of hydrogen-bond donors (Lipinski definition) is 1. The average molecular weight is 380 g/mol. The van der Waals surface area contributed by atoms with Gasteiger partial charge >= 0.3 is 11.9 Å². The highest BCUT2D eigenvalue weighted by molar-refractivity contribution is 5.70. The van der Waals surface area contributed by atoms with E-state index in [2.05, 4.69) is 15.0 Å². The van der Waals surface area contributed by atoms with Crippen molar-refractivity contribution in [1.82, 2.24) is 19.5 Å². The molecule has 10 heteroatoms. The zero-order valence-corrected chi connectivity index (χ0v) is 15.5. The van der Waals surface area contributed by atoms with Crippen molar-refractivity contribution in [2.45, 2.75) is 52.4 Å². The van der Waals surface area contributed by atoms with Crippen LogP contribution in [-0.4, -0.2) is 50.8 Å². The molecule has 0 unspecified atom stereocenters. The first kappa shape index (κ1) is 20.6. The van der Waals surface area contributed by atoms with Crippen LogP contribution in [0.15, 0.2) is 17.4 Å². The molecule has 0 saturated carbocycles. The minimum atomic E-state index is -0.647. The molecule has 0 bridgehead atoms. The van der Waals surface area contributed by atoms with E-state index in [-0.39, 0.29) is 43.0 Å². The van der Waals surface area contributed by atoms with Gasteiger partial charge in [0.15, 0.2) is 11.2 Å². The topological polar surface area (TPSA) is 125 Å². The van der Waals surface area contributed by atoms with Crippen molar-refractivity contribution in [3.63, 3.8) is 0 Å². The third kappa shape index (κ3) is 6.17. The minimum Gasteiger partial charge on any atom is -0.463 e. The Hall–Kier alpha value is -2.75. The van der Waals surface area contributed by atoms with Crippen LogP contribution in [0.25, 0.3) is 11.2 Å². The van der Waals surface area contributed by atoms with E-state index in [0.717, 1.165) is 0 Å². The number of esters is 2. The van der Waals surface area contributed by atoms with E-state index in [4.69, 9.17) is 14.2 Å². The fraction of sp³-hybridized carbons (Fsp3) is 0.588. The number of nitrogens with one attached hydrogen (secondary N) is 1. The molecule has 0 radical (unpaired) electrons. The van der Waals surface area contributed by atoms with Crippen molar-refractivity contribution in [3.05, 3.63) is 23.0 Å². The summed E-state index contributed by atoms with van der Waals surface area (Å²) in [5, 5.41) is 0. The smallest absolute Gasteiger partial charge is 0.305 e. The molecule has 0 atom stereocenters. The molecule has 0 aliphatic rings. The maximum atomic E-state index is 11.7. The van der Waals surface area contributed by atoms with Gasteiger partial charge in [-0.2, -0.15) is 0 Å². The van der Waals surface area contributed by atoms with Crippen LogP contribution in [0.5, 0.6) is 0 Å². The predicted octanol–water partition coefficient (Wildman–Crippen LogP) is 1.15. The van der Waals surface area contributed by atoms with Gasteiger partial charge in [0.1, 0.15) is 26.0 Å². The van der Waals surface area contributed by atoms with Crippen molar-refractivity contribution in [2.24, 2.45) is 0 Å². The first-order valence-corrected chi connectivity index (χ1v) is 8.86. The quantitative estimate of drug-likeness (QED) is 0.576. The van der Waals surface area contributed by atoms with Crippen LogP contribution in [0.4, 0.5) is 0 Å². The number of imidazole rings is 1. The number of aromatic amines is 1. The highest BCUT2D eigenvalue weighted by atomic mass is 16.6. The Kier molecular flexibility index (Phi) is 7.93. The van der Waals surface area contributed by atoms with Gasteiger partial charge in [0.25, 0.3) is 5.56 Å². The third-order valence-corrected chi connectivity index (χ3v) is 3.63. The molecule has 10 nitrogen and oxygen atoms in total. The van der Waals surface area contributed by atoms with E-state index < -0.39 is 6.10 Å². The molecule has 0 fully saturated rings. The Balaban J connectivity index is 1.98. The summed E-state index contributed by atoms with van der Waals surface area (Å²) in [6.45, 7) is 3.67. The highest BCUT2D eigenvalue weighted by Crippen LogP contribution is 2.07. The van der Waals surface area contributed by atoms with Gasteiger partial charge in [0.2, 0.25) is 0 Å². The average Bonchev–Trinajstić information content (AvgIpc) is 3.06. The summed E-state index contributed by atoms with van der Waals surface area (Å²) in [5.74, 6) is -0.681. The molecule has 0 aliphatic carbocycles. The van der Waals surface area contributed by atoms with Crippen LogP contribution in [0, 0.1) is 0 Å². The van der Waals surface area contributed by atoms with E-state index in [1.54, 1.807) is 4.57 Å². The number of rotatable bonds is 11. The van der Waals surface area contributed by atoms with Crippen molar-refractivity contribution in [1.29, 1.82) is 0 Å². The number of ether oxygens (including phenoxy) is 3. The number of carbonyl (C=O) groups excluding carboxylic acids is 2. The zero-order valence-electron chi connectivity index (χ0n) is 15.5. The van der Waals surface area contributed by atoms with Gasteiger partial charge in [-0.05, 0) is 12.8 Å². The minimum absolute atomic E-state index is 0.00821. The lowest BCUT2D eigenvalue weighted by Gasteiger charge is -2.18. The van der Waals surface area contributed by atoms with Gasteiger partial charge in [0.05, 0.1) is 12.7 Å². The molecule has 2 aromatic heterocycles. The normalized spacial score (nSPS) is 11.1. The number of H-pyrrole nitrogens is 1. The van der Waals surface area contributed by atoms with E-state index in [9.17, 15) is 14.4 Å². The van der Waals surface area contributed by atoms with Crippen LogP contribution < -0.4 is 5.56 Å². The Bertz CT molecular complexity index is 793. The summed E-state index contributed by atoms with van der Waals surface area (Å²) in [7, 11) is 0. The van der Waals surface area contributed by atoms with Crippen LogP contribution >= 0.6 is 0 Å². The fourth-order valence-electron chi connectivity index (χ4n) is 2.24. The van der Waals surface area contributed by atoms with Crippen molar-refractivity contribution >= 4 is 23.1 Å². The van der Waals surface area contributed by atoms with Gasteiger partial charge in [-0.25, -0.2) is 9.97 Å². The van der Waals surface area contributed by atoms with Crippen molar-refractivity contribution in [3.8, 4) is 0 Å². The Morgan fingerprint density at radius 2 is 1.74 bits per heavy atom. The number of fused-ring (bicyclic) bond motifs is 1. The van der Waals surface area contributed by atoms with Gasteiger partial charge in [-0.15, -0.1) is 0 Å². The third-order valence-electron chi connectivity index (χ3n) is 3.63. The fourth-order valence-corrected chi connectivity index (χ4v) is 2.24. The summed E-state index contributed by atoms with van der Waals surface area (Å²) in [4.78, 5) is 45.4. The van der Waals surface area contributed by atoms with E-state index >= 15 is 0 Å². The molecular weight excluding hydrogens is 356 g/mol. The number of aromatic nitrogens is 4. The molecule has 148 valence electrons. The number of carbonyl (C=O) groups is 2. The molecular formula is C17H24N4O6. The Morgan fingerprint density at radius 1 is 1.11 bits per heavy atom. The molecule has 0 aromatic carbocycles. The SMILES string of the molecule is CCCC(=O)OCC(COC(=O)CCC)OCn1cnc2c(=O)[nH]cnc21. The van der Waals surface area contributed by atoms with Crippen LogP contribution in [-0.2, 0) is 30.5 Å². The lowest BCUT2D eigenvalue weighted by atomic mass is 10.3. The van der Waals surface area contributed by atoms with Gasteiger partial charge in [0, 0.05) is 12.8 Å². The van der Waals surface area contributed by atoms with E-state index in [1.807, 2.05) is 13.8 Å². The molecule has 1 N–H and O–H groups in total. The second-order valence-electron chi connectivity index (χ2n) is 5.90. The lowest BCUT2D eigenvalue weighted by Crippen LogP contribution is -2.29. The molecule has 2 aromatic rings. The Labute approximate surface area is 155 Å². The van der Waals surface area contributed by atoms with Crippen LogP contribution in [0.2, 0.25) is 0 Å². The van der Waals surface area contributed by atoms with Crippen molar-refractivity contribution < 1.29 is 23.8 Å². The molecule has 0 spiro atoms. The van der Waals surface area contributed by atoms with Crippen LogP contribution in [0.1, 0.15) is 39.5 Å². The second-order valence-corrected chi connectivity index (χ2v) is 5.90. The number of nitrogens with zero attached hydrogens (tertiary/aromatic N) is 3. The van der Waals surface area contributed by atoms with Gasteiger partial charge < -0.3 is 19.2 Å². The maximum absolute atomic E-state index is 11.7. The van der Waals surface area contributed by atoms with Gasteiger partial charge in [-0.1, -0.05) is 13.8 Å². The van der Waals surface area contributed by atoms with E-state index in [0.29, 0.717) is 31.3 Å². The van der Waals surface area contributed by atoms with Crippen LogP contribution in [0.3, 0.4) is 0 Å². The predicted molar refractivity (Wildman–Crippen MR) is 94.8 cm³/mol. The molecule has 0 amide bonds. The van der Waals surface area contributed by atoms with E-state index in [1.165, 1.54) is 12.7 Å². The number of hydrogen-bond acceptors (Lipinski definition) is 8. The Morgan fingerprint density at radius 3 is 2.33 bits per heavy atom. The summed E-state index contributed by atoms with van der Waals surface area (Å²) in [5.41, 5.74) is 0.210. The first-order valence-electron chi connectivity index (χ1n) is 8.86. The molecule has 0 aliphatic heterocycles. The largest absolute Gasteiger partial charge is 0.463 e. The molecule has 2 rings (SSSR count). The molecule has 27 heavy (non-hydrogen) atoms. The van der Waals surface area contributed by atoms with Crippen molar-refractivity contribution in [2.75, 3.05) is 13.2 Å². The first-order chi connectivity index (χ1) is 13.0. The second kappa shape index (κ2) is 10.4. The summed E-state index contributed by atoms with van der Waals surface area (Å²) >= 11 is 0. The zero-order chi connectivity index (χ0) is 19.6. The summed E-state index contributed by atoms with van der Waals surface area (Å²) in [6.07, 6.45) is 4.03. The monoisotopic (exact) mass is 380 g/mol. The molecule has 0 saturated heterocycles. The summed E-state index contributed by atoms with van der Waals surface area (Å²) < 4.78 is 17.6. The highest BCUT2D eigenvalue weighted by Gasteiger charge is 2.17. The maximum Gasteiger partial charge on any atom is 0.305 e. The van der Waals surface area contributed by atoms with Gasteiger partial charge in [-0.3, -0.25) is 19.0 Å². The summed E-state index contributed by atoms with van der Waals surface area (Å²) in [6, 6.07) is 0.